The van der Waals surface area contributed by atoms with Crippen LogP contribution in [0.1, 0.15) is 83.3 Å². The van der Waals surface area contributed by atoms with Crippen molar-refractivity contribution in [1.82, 2.24) is 25.6 Å². The van der Waals surface area contributed by atoms with Crippen molar-refractivity contribution < 1.29 is 73.6 Å². The molecule has 2 amide bonds. The second-order valence-corrected chi connectivity index (χ2v) is 13.4. The lowest BCUT2D eigenvalue weighted by molar-refractivity contribution is -0.194. The molecule has 2 aromatic rings. The normalized spacial score (nSPS) is 16.0. The Morgan fingerprint density at radius 1 is 0.863 bits per heavy atom. The fourth-order valence-corrected chi connectivity index (χ4v) is 3.87. The SMILES string of the molecule is CC(C)(C)OC(=O)NC(C(C)(C)O)C(F)(F)F.CC(C)(O)C(NC(=O)c1c[nH]c2ncc(C3CC3)nc12)C(F)(F)F.COC(=O)C(N)C(F)(F)F. The van der Waals surface area contributed by atoms with Crippen LogP contribution in [0.25, 0.3) is 11.2 Å². The van der Waals surface area contributed by atoms with E-state index in [0.717, 1.165) is 53.3 Å². The molecule has 3 unspecified atom stereocenters. The van der Waals surface area contributed by atoms with Crippen LogP contribution in [0.3, 0.4) is 0 Å². The van der Waals surface area contributed by atoms with Gasteiger partial charge in [0.25, 0.3) is 5.91 Å². The molecule has 2 heterocycles. The molecule has 1 aliphatic rings. The Balaban J connectivity index is 0.000000422. The number of nitrogens with zero attached hydrogens (tertiary/aromatic N) is 2. The van der Waals surface area contributed by atoms with Crippen LogP contribution >= 0.6 is 0 Å². The van der Waals surface area contributed by atoms with E-state index in [1.807, 2.05) is 5.32 Å². The molecule has 0 saturated heterocycles. The number of esters is 1. The van der Waals surface area contributed by atoms with Gasteiger partial charge in [0.2, 0.25) is 0 Å². The van der Waals surface area contributed by atoms with Gasteiger partial charge in [-0.05, 0) is 61.3 Å². The molecule has 1 aliphatic carbocycles. The summed E-state index contributed by atoms with van der Waals surface area (Å²) in [6.07, 6.45) is -10.6. The van der Waals surface area contributed by atoms with Crippen LogP contribution in [0.5, 0.6) is 0 Å². The topological polar surface area (TPSA) is 202 Å². The predicted octanol–water partition coefficient (Wildman–Crippen LogP) is 4.53. The molecule has 0 aliphatic heterocycles. The van der Waals surface area contributed by atoms with Crippen molar-refractivity contribution in [2.75, 3.05) is 7.11 Å². The zero-order valence-corrected chi connectivity index (χ0v) is 28.7. The van der Waals surface area contributed by atoms with Crippen molar-refractivity contribution in [2.24, 2.45) is 5.73 Å². The average Bonchev–Trinajstić information content (AvgIpc) is 3.69. The van der Waals surface area contributed by atoms with Gasteiger partial charge in [-0.25, -0.2) is 14.8 Å². The molecule has 0 spiro atoms. The van der Waals surface area contributed by atoms with Gasteiger partial charge in [0.15, 0.2) is 23.8 Å². The summed E-state index contributed by atoms with van der Waals surface area (Å²) in [5.74, 6) is -2.15. The summed E-state index contributed by atoms with van der Waals surface area (Å²) >= 11 is 0. The molecule has 1 saturated carbocycles. The molecule has 3 atom stereocenters. The van der Waals surface area contributed by atoms with Crippen LogP contribution in [0.4, 0.5) is 44.3 Å². The molecule has 13 nitrogen and oxygen atoms in total. The Hall–Kier alpha value is -3.92. The van der Waals surface area contributed by atoms with Gasteiger partial charge in [0.1, 0.15) is 11.1 Å². The summed E-state index contributed by atoms with van der Waals surface area (Å²) < 4.78 is 120. The fraction of sp³-hybridized carbons (Fsp3) is 0.690. The summed E-state index contributed by atoms with van der Waals surface area (Å²) in [5, 5.41) is 22.6. The van der Waals surface area contributed by atoms with Crippen molar-refractivity contribution >= 4 is 29.1 Å². The number of nitrogens with two attached hydrogens (primary N) is 1. The number of ether oxygens (including phenoxy) is 2. The molecular formula is C29H41F9N6O7. The van der Waals surface area contributed by atoms with Crippen molar-refractivity contribution in [1.29, 1.82) is 0 Å². The van der Waals surface area contributed by atoms with E-state index in [1.165, 1.54) is 27.0 Å². The minimum atomic E-state index is -4.79. The van der Waals surface area contributed by atoms with Gasteiger partial charge in [-0.3, -0.25) is 9.59 Å². The molecular weight excluding hydrogens is 715 g/mol. The minimum absolute atomic E-state index is 0.0292. The quantitative estimate of drug-likeness (QED) is 0.172. The molecule has 22 heteroatoms. The van der Waals surface area contributed by atoms with Crippen molar-refractivity contribution in [3.05, 3.63) is 23.7 Å². The summed E-state index contributed by atoms with van der Waals surface area (Å²) in [6.45, 7) is 8.49. The minimum Gasteiger partial charge on any atom is -0.468 e. The van der Waals surface area contributed by atoms with E-state index in [0.29, 0.717) is 11.6 Å². The smallest absolute Gasteiger partial charge is 0.414 e. The third-order valence-electron chi connectivity index (χ3n) is 6.45. The summed E-state index contributed by atoms with van der Waals surface area (Å²) in [7, 11) is 0.841. The number of halogens is 9. The largest absolute Gasteiger partial charge is 0.468 e. The van der Waals surface area contributed by atoms with E-state index < -0.39 is 71.4 Å². The molecule has 51 heavy (non-hydrogen) atoms. The van der Waals surface area contributed by atoms with Crippen LogP contribution in [0.15, 0.2) is 12.4 Å². The second kappa shape index (κ2) is 16.2. The van der Waals surface area contributed by atoms with E-state index in [9.17, 15) is 64.1 Å². The van der Waals surface area contributed by atoms with Gasteiger partial charge in [-0.15, -0.1) is 0 Å². The van der Waals surface area contributed by atoms with Crippen LogP contribution < -0.4 is 16.4 Å². The monoisotopic (exact) mass is 756 g/mol. The average molecular weight is 757 g/mol. The summed E-state index contributed by atoms with van der Waals surface area (Å²) in [4.78, 5) is 44.9. The lowest BCUT2D eigenvalue weighted by atomic mass is 9.98. The van der Waals surface area contributed by atoms with E-state index in [1.54, 1.807) is 11.5 Å². The number of methoxy groups -OCH3 is 1. The predicted molar refractivity (Wildman–Crippen MR) is 161 cm³/mol. The summed E-state index contributed by atoms with van der Waals surface area (Å²) in [6, 6.07) is -7.32. The molecule has 0 bridgehead atoms. The highest BCUT2D eigenvalue weighted by molar-refractivity contribution is 6.04. The van der Waals surface area contributed by atoms with Crippen LogP contribution in [-0.2, 0) is 14.3 Å². The lowest BCUT2D eigenvalue weighted by Crippen LogP contribution is -2.58. The van der Waals surface area contributed by atoms with Crippen molar-refractivity contribution in [3.8, 4) is 0 Å². The van der Waals surface area contributed by atoms with Gasteiger partial charge in [-0.2, -0.15) is 39.5 Å². The number of aliphatic hydroxyl groups is 2. The number of amides is 2. The molecule has 0 aromatic carbocycles. The first-order chi connectivity index (χ1) is 22.7. The molecule has 0 radical (unpaired) electrons. The molecule has 3 rings (SSSR count). The highest BCUT2D eigenvalue weighted by Crippen LogP contribution is 2.39. The number of fused-ring (bicyclic) bond motifs is 1. The number of H-pyrrole nitrogens is 1. The highest BCUT2D eigenvalue weighted by Gasteiger charge is 2.51. The third kappa shape index (κ3) is 14.7. The van der Waals surface area contributed by atoms with Crippen LogP contribution in [-0.4, -0.2) is 104 Å². The number of aromatic amines is 1. The Bertz CT molecular complexity index is 1460. The van der Waals surface area contributed by atoms with Crippen LogP contribution in [0, 0.1) is 0 Å². The fourth-order valence-electron chi connectivity index (χ4n) is 3.87. The van der Waals surface area contributed by atoms with Crippen molar-refractivity contribution in [3.63, 3.8) is 0 Å². The van der Waals surface area contributed by atoms with Gasteiger partial charge in [0.05, 0.1) is 35.8 Å². The zero-order valence-electron chi connectivity index (χ0n) is 28.7. The first-order valence-electron chi connectivity index (χ1n) is 14.8. The van der Waals surface area contributed by atoms with Gasteiger partial charge >= 0.3 is 30.6 Å². The highest BCUT2D eigenvalue weighted by atomic mass is 19.4. The second-order valence-electron chi connectivity index (χ2n) is 13.4. The molecule has 7 N–H and O–H groups in total. The maximum Gasteiger partial charge on any atom is 0.414 e. The maximum atomic E-state index is 13.1. The Morgan fingerprint density at radius 3 is 1.69 bits per heavy atom. The van der Waals surface area contributed by atoms with Gasteiger partial charge in [0, 0.05) is 12.1 Å². The number of rotatable bonds is 7. The summed E-state index contributed by atoms with van der Waals surface area (Å²) in [5.41, 5.74) is 0.469. The number of alkyl halides is 9. The standard InChI is InChI=1S/C15H17F3N4O2.C10H18F3NO3.C4H6F3NO2/c1-14(2,24)13(15(16,17)18)22-12(23)8-5-19-11-10(8)21-9(6-20-11)7-3-4-7;1-8(2,3)17-7(15)14-6(9(4,5)16)10(11,12)13;1-10-3(9)2(8)4(5,6)7/h5-7,13,24H,3-4H2,1-2H3,(H,19,20)(H,22,23);6,16H,1-5H3,(H,14,15);2H,8H2,1H3. The van der Waals surface area contributed by atoms with Gasteiger partial charge in [-0.1, -0.05) is 0 Å². The molecule has 292 valence electrons. The van der Waals surface area contributed by atoms with Gasteiger partial charge < -0.3 is 41.0 Å². The van der Waals surface area contributed by atoms with E-state index in [2.05, 4.69) is 25.4 Å². The zero-order chi connectivity index (χ0) is 40.1. The maximum absolute atomic E-state index is 13.1. The first-order valence-corrected chi connectivity index (χ1v) is 14.8. The number of hydrogen-bond donors (Lipinski definition) is 6. The number of carbonyl (C=O) groups is 3. The Labute approximate surface area is 285 Å². The number of hydrogen-bond acceptors (Lipinski definition) is 10. The van der Waals surface area contributed by atoms with E-state index >= 15 is 0 Å². The number of nitrogens with one attached hydrogen (secondary N) is 3. The van der Waals surface area contributed by atoms with E-state index in [4.69, 9.17) is 4.74 Å². The first kappa shape index (κ1) is 45.1. The van der Waals surface area contributed by atoms with Crippen LogP contribution in [0.2, 0.25) is 0 Å². The number of carbonyl (C=O) groups excluding carboxylic acids is 3. The molecule has 2 aromatic heterocycles. The number of aromatic nitrogens is 3. The molecule has 1 fully saturated rings. The Kier molecular flexibility index (Phi) is 14.3. The van der Waals surface area contributed by atoms with E-state index in [-0.39, 0.29) is 11.1 Å². The Morgan fingerprint density at radius 2 is 1.33 bits per heavy atom. The lowest BCUT2D eigenvalue weighted by Gasteiger charge is -2.32. The number of alkyl carbamates (subject to hydrolysis) is 1. The third-order valence-corrected chi connectivity index (χ3v) is 6.45. The van der Waals surface area contributed by atoms with Crippen molar-refractivity contribution in [2.45, 2.75) is 121 Å².